The zero-order valence-electron chi connectivity index (χ0n) is 9.93. The summed E-state index contributed by atoms with van der Waals surface area (Å²) in [6, 6.07) is 0. The highest BCUT2D eigenvalue weighted by Gasteiger charge is 2.15. The van der Waals surface area contributed by atoms with E-state index < -0.39 is 5.97 Å². The van der Waals surface area contributed by atoms with Gasteiger partial charge in [-0.25, -0.2) is 9.78 Å². The second-order valence-corrected chi connectivity index (χ2v) is 4.65. The van der Waals surface area contributed by atoms with Crippen LogP contribution < -0.4 is 0 Å². The highest BCUT2D eigenvalue weighted by Crippen LogP contribution is 2.21. The predicted molar refractivity (Wildman–Crippen MR) is 65.3 cm³/mol. The van der Waals surface area contributed by atoms with E-state index in [4.69, 9.17) is 5.11 Å². The molecule has 1 aromatic rings. The number of nitrogens with zero attached hydrogens (tertiary/aromatic N) is 2. The van der Waals surface area contributed by atoms with E-state index in [1.54, 1.807) is 5.38 Å². The molecule has 90 valence electrons. The molecule has 0 aliphatic rings. The normalized spacial score (nSPS) is 13.0. The van der Waals surface area contributed by atoms with Crippen molar-refractivity contribution in [1.82, 2.24) is 9.88 Å². The van der Waals surface area contributed by atoms with E-state index in [1.807, 2.05) is 0 Å². The second kappa shape index (κ2) is 5.96. The average molecular weight is 242 g/mol. The van der Waals surface area contributed by atoms with Gasteiger partial charge in [0, 0.05) is 17.8 Å². The van der Waals surface area contributed by atoms with Gasteiger partial charge >= 0.3 is 5.97 Å². The van der Waals surface area contributed by atoms with Gasteiger partial charge in [0.15, 0.2) is 5.69 Å². The number of rotatable bonds is 6. The lowest BCUT2D eigenvalue weighted by atomic mass is 10.2. The number of hydrogen-bond acceptors (Lipinski definition) is 4. The van der Waals surface area contributed by atoms with Gasteiger partial charge < -0.3 is 10.0 Å². The number of thiazole rings is 1. The summed E-state index contributed by atoms with van der Waals surface area (Å²) in [7, 11) is 0. The number of carboxylic acids is 1. The number of carbonyl (C=O) groups is 1. The predicted octanol–water partition coefficient (Wildman–Crippen LogP) is 2.29. The first-order valence-electron chi connectivity index (χ1n) is 5.49. The van der Waals surface area contributed by atoms with Gasteiger partial charge in [0.05, 0.1) is 5.01 Å². The third kappa shape index (κ3) is 3.28. The molecule has 0 saturated carbocycles. The van der Waals surface area contributed by atoms with Crippen molar-refractivity contribution >= 4 is 17.3 Å². The Balaban J connectivity index is 2.65. The third-order valence-corrected chi connectivity index (χ3v) is 3.67. The zero-order chi connectivity index (χ0) is 12.1. The smallest absolute Gasteiger partial charge is 0.355 e. The van der Waals surface area contributed by atoms with E-state index in [1.165, 1.54) is 11.3 Å². The van der Waals surface area contributed by atoms with Crippen molar-refractivity contribution in [2.75, 3.05) is 19.6 Å². The minimum atomic E-state index is -0.947. The van der Waals surface area contributed by atoms with Crippen LogP contribution in [0.25, 0.3) is 0 Å². The minimum absolute atomic E-state index is 0.159. The van der Waals surface area contributed by atoms with Crippen molar-refractivity contribution in [3.8, 4) is 0 Å². The lowest BCUT2D eigenvalue weighted by Gasteiger charge is -2.21. The van der Waals surface area contributed by atoms with E-state index in [0.717, 1.165) is 24.6 Å². The molecule has 0 saturated heterocycles. The van der Waals surface area contributed by atoms with Gasteiger partial charge in [0.2, 0.25) is 0 Å². The first-order chi connectivity index (χ1) is 7.58. The van der Waals surface area contributed by atoms with Crippen molar-refractivity contribution in [2.45, 2.75) is 26.7 Å². The average Bonchev–Trinajstić information content (AvgIpc) is 2.74. The summed E-state index contributed by atoms with van der Waals surface area (Å²) in [5.41, 5.74) is 0.159. The maximum absolute atomic E-state index is 10.7. The quantitative estimate of drug-likeness (QED) is 0.831. The van der Waals surface area contributed by atoms with E-state index in [0.29, 0.717) is 0 Å². The molecule has 1 unspecified atom stereocenters. The standard InChI is InChI=1S/C11H18N2O2S/c1-4-13(5-2)6-8(3)10-12-9(7-16-10)11(14)15/h7-8H,4-6H2,1-3H3,(H,14,15). The Bertz CT molecular complexity index is 348. The van der Waals surface area contributed by atoms with Crippen LogP contribution in [-0.2, 0) is 0 Å². The number of hydrogen-bond donors (Lipinski definition) is 1. The summed E-state index contributed by atoms with van der Waals surface area (Å²) in [4.78, 5) is 17.1. The van der Waals surface area contributed by atoms with Crippen molar-refractivity contribution < 1.29 is 9.90 Å². The fraction of sp³-hybridized carbons (Fsp3) is 0.636. The molecule has 1 aromatic heterocycles. The monoisotopic (exact) mass is 242 g/mol. The molecule has 0 aliphatic heterocycles. The van der Waals surface area contributed by atoms with Crippen molar-refractivity contribution in [3.63, 3.8) is 0 Å². The molecule has 0 amide bonds. The fourth-order valence-electron chi connectivity index (χ4n) is 1.56. The van der Waals surface area contributed by atoms with Gasteiger partial charge in [0.1, 0.15) is 0 Å². The highest BCUT2D eigenvalue weighted by atomic mass is 32.1. The van der Waals surface area contributed by atoms with Crippen LogP contribution in [0.15, 0.2) is 5.38 Å². The summed E-state index contributed by atoms with van der Waals surface area (Å²) in [5, 5.41) is 11.3. The van der Waals surface area contributed by atoms with Crippen LogP contribution in [-0.4, -0.2) is 40.6 Å². The molecule has 4 nitrogen and oxygen atoms in total. The fourth-order valence-corrected chi connectivity index (χ4v) is 2.40. The number of carboxylic acid groups (broad SMARTS) is 1. The molecule has 1 atom stereocenters. The van der Waals surface area contributed by atoms with Gasteiger partial charge in [-0.2, -0.15) is 0 Å². The topological polar surface area (TPSA) is 53.4 Å². The molecule has 0 fully saturated rings. The van der Waals surface area contributed by atoms with Crippen LogP contribution in [0.1, 0.15) is 42.2 Å². The van der Waals surface area contributed by atoms with Gasteiger partial charge in [-0.3, -0.25) is 0 Å². The Labute approximate surface area is 99.9 Å². The Kier molecular flexibility index (Phi) is 4.89. The molecule has 0 spiro atoms. The summed E-state index contributed by atoms with van der Waals surface area (Å²) >= 11 is 1.43. The Morgan fingerprint density at radius 2 is 2.19 bits per heavy atom. The summed E-state index contributed by atoms with van der Waals surface area (Å²) in [6.07, 6.45) is 0. The Morgan fingerprint density at radius 1 is 1.56 bits per heavy atom. The SMILES string of the molecule is CCN(CC)CC(C)c1nc(C(=O)O)cs1. The van der Waals surface area contributed by atoms with Crippen LogP contribution in [0, 0.1) is 0 Å². The number of aromatic nitrogens is 1. The lowest BCUT2D eigenvalue weighted by molar-refractivity contribution is 0.0691. The Hall–Kier alpha value is -0.940. The second-order valence-electron chi connectivity index (χ2n) is 3.76. The van der Waals surface area contributed by atoms with E-state index in [-0.39, 0.29) is 11.6 Å². The first kappa shape index (κ1) is 13.1. The molecule has 1 rings (SSSR count). The van der Waals surface area contributed by atoms with Crippen molar-refractivity contribution in [2.24, 2.45) is 0 Å². The molecule has 5 heteroatoms. The molecular formula is C11H18N2O2S. The molecule has 1 N–H and O–H groups in total. The van der Waals surface area contributed by atoms with E-state index in [2.05, 4.69) is 30.7 Å². The van der Waals surface area contributed by atoms with Crippen LogP contribution in [0.2, 0.25) is 0 Å². The molecule has 0 aliphatic carbocycles. The van der Waals surface area contributed by atoms with E-state index >= 15 is 0 Å². The number of aromatic carboxylic acids is 1. The van der Waals surface area contributed by atoms with Gasteiger partial charge in [0.25, 0.3) is 0 Å². The molecular weight excluding hydrogens is 224 g/mol. The molecule has 0 aromatic carbocycles. The summed E-state index contributed by atoms with van der Waals surface area (Å²) in [6.45, 7) is 9.29. The summed E-state index contributed by atoms with van der Waals surface area (Å²) < 4.78 is 0. The highest BCUT2D eigenvalue weighted by molar-refractivity contribution is 7.09. The number of likely N-dealkylation sites (N-methyl/N-ethyl adjacent to an activating group) is 1. The van der Waals surface area contributed by atoms with Gasteiger partial charge in [-0.15, -0.1) is 11.3 Å². The maximum Gasteiger partial charge on any atom is 0.355 e. The van der Waals surface area contributed by atoms with Crippen LogP contribution in [0.4, 0.5) is 0 Å². The first-order valence-corrected chi connectivity index (χ1v) is 6.37. The maximum atomic E-state index is 10.7. The molecule has 1 heterocycles. The van der Waals surface area contributed by atoms with Crippen molar-refractivity contribution in [3.05, 3.63) is 16.1 Å². The molecule has 16 heavy (non-hydrogen) atoms. The van der Waals surface area contributed by atoms with Crippen LogP contribution >= 0.6 is 11.3 Å². The van der Waals surface area contributed by atoms with Crippen LogP contribution in [0.3, 0.4) is 0 Å². The Morgan fingerprint density at radius 3 is 2.62 bits per heavy atom. The lowest BCUT2D eigenvalue weighted by Crippen LogP contribution is -2.27. The van der Waals surface area contributed by atoms with Gasteiger partial charge in [-0.1, -0.05) is 20.8 Å². The largest absolute Gasteiger partial charge is 0.476 e. The van der Waals surface area contributed by atoms with Crippen molar-refractivity contribution in [1.29, 1.82) is 0 Å². The van der Waals surface area contributed by atoms with Crippen LogP contribution in [0.5, 0.6) is 0 Å². The molecule has 0 bridgehead atoms. The summed E-state index contributed by atoms with van der Waals surface area (Å²) in [5.74, 6) is -0.657. The van der Waals surface area contributed by atoms with E-state index in [9.17, 15) is 4.79 Å². The third-order valence-electron chi connectivity index (χ3n) is 2.59. The minimum Gasteiger partial charge on any atom is -0.476 e. The zero-order valence-corrected chi connectivity index (χ0v) is 10.8. The molecule has 0 radical (unpaired) electrons. The van der Waals surface area contributed by atoms with Gasteiger partial charge in [-0.05, 0) is 13.1 Å².